The van der Waals surface area contributed by atoms with E-state index in [1.165, 1.54) is 12.2 Å². The van der Waals surface area contributed by atoms with Crippen molar-refractivity contribution in [2.24, 2.45) is 0 Å². The zero-order valence-electron chi connectivity index (χ0n) is 9.16. The van der Waals surface area contributed by atoms with Crippen LogP contribution in [-0.2, 0) is 24.2 Å². The summed E-state index contributed by atoms with van der Waals surface area (Å²) in [4.78, 5) is 23.2. The van der Waals surface area contributed by atoms with Crippen LogP contribution >= 0.6 is 0 Å². The van der Waals surface area contributed by atoms with Gasteiger partial charge in [0.1, 0.15) is 0 Å². The predicted octanol–water partition coefficient (Wildman–Crippen LogP) is -0.514. The molecule has 0 spiro atoms. The van der Waals surface area contributed by atoms with Crippen molar-refractivity contribution in [2.45, 2.75) is 0 Å². The van der Waals surface area contributed by atoms with E-state index in [0.29, 0.717) is 0 Å². The fourth-order valence-electron chi connectivity index (χ4n) is 1.17. The lowest BCUT2D eigenvalue weighted by Crippen LogP contribution is -2.33. The van der Waals surface area contributed by atoms with Crippen molar-refractivity contribution in [3.63, 3.8) is 0 Å². The van der Waals surface area contributed by atoms with E-state index >= 15 is 0 Å². The van der Waals surface area contributed by atoms with Gasteiger partial charge in [0.05, 0.1) is 25.5 Å². The lowest BCUT2D eigenvalue weighted by Gasteiger charge is -2.13. The van der Waals surface area contributed by atoms with Crippen LogP contribution in [0.1, 0.15) is 0 Å². The van der Waals surface area contributed by atoms with E-state index in [0.717, 1.165) is 10.3 Å². The molecule has 6 nitrogen and oxygen atoms in total. The van der Waals surface area contributed by atoms with Crippen LogP contribution in [0.15, 0.2) is 24.1 Å². The molecule has 1 aliphatic heterocycles. The van der Waals surface area contributed by atoms with Crippen LogP contribution in [0.5, 0.6) is 0 Å². The Bertz CT molecular complexity index is 433. The normalized spacial score (nSPS) is 15.6. The zero-order chi connectivity index (χ0) is 12.9. The molecule has 0 saturated carbocycles. The highest BCUT2D eigenvalue weighted by Crippen LogP contribution is 2.02. The lowest BCUT2D eigenvalue weighted by atomic mass is 10.5. The molecule has 94 valence electrons. The topological polar surface area (TPSA) is 80.8 Å². The number of carbonyl (C=O) groups excluding carboxylic acids is 2. The summed E-state index contributed by atoms with van der Waals surface area (Å²) in [7, 11) is -3.26. The van der Waals surface area contributed by atoms with Crippen LogP contribution in [0.25, 0.3) is 0 Å². The van der Waals surface area contributed by atoms with E-state index < -0.39 is 9.84 Å². The number of rotatable bonds is 7. The zero-order valence-corrected chi connectivity index (χ0v) is 9.98. The summed E-state index contributed by atoms with van der Waals surface area (Å²) in [5.74, 6) is -0.911. The standard InChI is InChI=1S/C10H13NO5S/c1-2-17(14,15)8-7-16-6-5-11-9(12)3-4-10(11)13/h2-4H,1,5-8H2. The van der Waals surface area contributed by atoms with Gasteiger partial charge in [-0.1, -0.05) is 6.58 Å². The van der Waals surface area contributed by atoms with Gasteiger partial charge in [0.2, 0.25) is 0 Å². The third-order valence-electron chi connectivity index (χ3n) is 2.13. The molecule has 0 fully saturated rings. The second-order valence-corrected chi connectivity index (χ2v) is 5.37. The van der Waals surface area contributed by atoms with E-state index in [-0.39, 0.29) is 37.3 Å². The summed E-state index contributed by atoms with van der Waals surface area (Å²) < 4.78 is 27.0. The van der Waals surface area contributed by atoms with Crippen LogP contribution in [0.2, 0.25) is 0 Å². The molecule has 17 heavy (non-hydrogen) atoms. The van der Waals surface area contributed by atoms with Crippen molar-refractivity contribution in [3.05, 3.63) is 24.1 Å². The smallest absolute Gasteiger partial charge is 0.253 e. The monoisotopic (exact) mass is 259 g/mol. The average molecular weight is 259 g/mol. The summed E-state index contributed by atoms with van der Waals surface area (Å²) in [6, 6.07) is 0. The lowest BCUT2D eigenvalue weighted by molar-refractivity contribution is -0.137. The molecule has 0 aromatic rings. The Labute approximate surface area is 99.5 Å². The van der Waals surface area contributed by atoms with E-state index in [2.05, 4.69) is 6.58 Å². The van der Waals surface area contributed by atoms with Gasteiger partial charge in [0.25, 0.3) is 11.8 Å². The fourth-order valence-corrected chi connectivity index (χ4v) is 1.68. The van der Waals surface area contributed by atoms with Gasteiger partial charge in [-0.15, -0.1) is 0 Å². The van der Waals surface area contributed by atoms with Gasteiger partial charge >= 0.3 is 0 Å². The minimum absolute atomic E-state index is 0.0119. The number of sulfone groups is 1. The molecule has 1 aliphatic rings. The van der Waals surface area contributed by atoms with Gasteiger partial charge in [-0.05, 0) is 0 Å². The van der Waals surface area contributed by atoms with Crippen molar-refractivity contribution >= 4 is 21.7 Å². The summed E-state index contributed by atoms with van der Waals surface area (Å²) in [6.45, 7) is 3.42. The molecule has 2 amide bonds. The average Bonchev–Trinajstić information content (AvgIpc) is 2.59. The van der Waals surface area contributed by atoms with Crippen LogP contribution < -0.4 is 0 Å². The number of hydrogen-bond acceptors (Lipinski definition) is 5. The minimum atomic E-state index is -3.26. The van der Waals surface area contributed by atoms with Crippen LogP contribution in [0.3, 0.4) is 0 Å². The Balaban J connectivity index is 2.19. The molecule has 0 N–H and O–H groups in total. The number of imide groups is 1. The van der Waals surface area contributed by atoms with Gasteiger partial charge < -0.3 is 4.74 Å². The van der Waals surface area contributed by atoms with E-state index in [4.69, 9.17) is 4.74 Å². The molecular weight excluding hydrogens is 246 g/mol. The van der Waals surface area contributed by atoms with Crippen molar-refractivity contribution in [3.8, 4) is 0 Å². The molecule has 0 radical (unpaired) electrons. The second-order valence-electron chi connectivity index (χ2n) is 3.31. The summed E-state index contributed by atoms with van der Waals surface area (Å²) in [6.07, 6.45) is 2.37. The van der Waals surface area contributed by atoms with Crippen LogP contribution in [-0.4, -0.2) is 50.6 Å². The molecule has 1 heterocycles. The van der Waals surface area contributed by atoms with Crippen LogP contribution in [0, 0.1) is 0 Å². The summed E-state index contributed by atoms with van der Waals surface area (Å²) in [5, 5.41) is 0.869. The highest BCUT2D eigenvalue weighted by Gasteiger charge is 2.22. The number of carbonyl (C=O) groups is 2. The third-order valence-corrected chi connectivity index (χ3v) is 3.37. The molecule has 0 aromatic heterocycles. The van der Waals surface area contributed by atoms with Gasteiger partial charge in [0.15, 0.2) is 9.84 Å². The third kappa shape index (κ3) is 4.12. The Kier molecular flexibility index (Phi) is 4.59. The quantitative estimate of drug-likeness (QED) is 0.454. The first-order valence-corrected chi connectivity index (χ1v) is 6.64. The maximum Gasteiger partial charge on any atom is 0.253 e. The molecule has 1 rings (SSSR count). The maximum absolute atomic E-state index is 11.1. The van der Waals surface area contributed by atoms with Gasteiger partial charge in [-0.2, -0.15) is 0 Å². The number of amides is 2. The second kappa shape index (κ2) is 5.74. The number of hydrogen-bond donors (Lipinski definition) is 0. The largest absolute Gasteiger partial charge is 0.379 e. The van der Waals surface area contributed by atoms with E-state index in [1.54, 1.807) is 0 Å². The van der Waals surface area contributed by atoms with Crippen molar-refractivity contribution in [1.82, 2.24) is 4.90 Å². The molecule has 0 unspecified atom stereocenters. The molecule has 0 bridgehead atoms. The maximum atomic E-state index is 11.1. The SMILES string of the molecule is C=CS(=O)(=O)CCOCCN1C(=O)C=CC1=O. The molecule has 7 heteroatoms. The van der Waals surface area contributed by atoms with Crippen molar-refractivity contribution in [1.29, 1.82) is 0 Å². The van der Waals surface area contributed by atoms with E-state index in [1.807, 2.05) is 0 Å². The van der Waals surface area contributed by atoms with Gasteiger partial charge in [0, 0.05) is 17.6 Å². The highest BCUT2D eigenvalue weighted by atomic mass is 32.2. The number of ether oxygens (including phenoxy) is 1. The van der Waals surface area contributed by atoms with E-state index in [9.17, 15) is 18.0 Å². The molecule has 0 saturated heterocycles. The number of nitrogens with zero attached hydrogens (tertiary/aromatic N) is 1. The first-order valence-electron chi connectivity index (χ1n) is 4.93. The summed E-state index contributed by atoms with van der Waals surface area (Å²) in [5.41, 5.74) is 0. The first-order chi connectivity index (χ1) is 7.96. The molecular formula is C10H13NO5S. The molecule has 0 atom stereocenters. The molecule has 0 aliphatic carbocycles. The Morgan fingerprint density at radius 3 is 2.35 bits per heavy atom. The van der Waals surface area contributed by atoms with Crippen molar-refractivity contribution < 1.29 is 22.7 Å². The van der Waals surface area contributed by atoms with Gasteiger partial charge in [-0.25, -0.2) is 8.42 Å². The Hall–Kier alpha value is -1.47. The molecule has 0 aromatic carbocycles. The Morgan fingerprint density at radius 1 is 1.24 bits per heavy atom. The predicted molar refractivity (Wildman–Crippen MR) is 60.7 cm³/mol. The minimum Gasteiger partial charge on any atom is -0.379 e. The first kappa shape index (κ1) is 13.6. The fraction of sp³-hybridized carbons (Fsp3) is 0.400. The van der Waals surface area contributed by atoms with Gasteiger partial charge in [-0.3, -0.25) is 14.5 Å². The van der Waals surface area contributed by atoms with Crippen LogP contribution in [0.4, 0.5) is 0 Å². The Morgan fingerprint density at radius 2 is 1.82 bits per heavy atom. The highest BCUT2D eigenvalue weighted by molar-refractivity contribution is 7.94. The summed E-state index contributed by atoms with van der Waals surface area (Å²) >= 11 is 0. The van der Waals surface area contributed by atoms with Crippen molar-refractivity contribution in [2.75, 3.05) is 25.5 Å².